The third kappa shape index (κ3) is 4.06. The van der Waals surface area contributed by atoms with Crippen molar-refractivity contribution in [2.75, 3.05) is 6.61 Å². The smallest absolute Gasteiger partial charge is 0.258 e. The van der Waals surface area contributed by atoms with Gasteiger partial charge < -0.3 is 14.6 Å². The summed E-state index contributed by atoms with van der Waals surface area (Å²) in [5.41, 5.74) is 0. The van der Waals surface area contributed by atoms with E-state index in [1.54, 1.807) is 26.0 Å². The number of hydrogen-bond acceptors (Lipinski definition) is 5. The van der Waals surface area contributed by atoms with Crippen molar-refractivity contribution in [3.63, 3.8) is 0 Å². The van der Waals surface area contributed by atoms with Crippen molar-refractivity contribution in [3.8, 4) is 5.75 Å². The molecule has 1 amide bonds. The van der Waals surface area contributed by atoms with E-state index in [1.165, 1.54) is 0 Å². The van der Waals surface area contributed by atoms with Gasteiger partial charge in [0.15, 0.2) is 12.4 Å². The lowest BCUT2D eigenvalue weighted by Crippen LogP contribution is -2.31. The average molecular weight is 340 g/mol. The third-order valence-electron chi connectivity index (χ3n) is 2.47. The topological polar surface area (TPSA) is 77.2 Å². The highest BCUT2D eigenvalue weighted by Gasteiger charge is 2.15. The van der Waals surface area contributed by atoms with Gasteiger partial charge >= 0.3 is 0 Å². The van der Waals surface area contributed by atoms with E-state index in [1.807, 2.05) is 12.1 Å². The van der Waals surface area contributed by atoms with Crippen molar-refractivity contribution >= 4 is 21.8 Å². The molecule has 0 unspecified atom stereocenters. The highest BCUT2D eigenvalue weighted by atomic mass is 79.9. The average Bonchev–Trinajstić information content (AvgIpc) is 2.85. The predicted octanol–water partition coefficient (Wildman–Crippen LogP) is 2.40. The van der Waals surface area contributed by atoms with Crippen LogP contribution < -0.4 is 10.1 Å². The molecule has 106 valence electrons. The van der Waals surface area contributed by atoms with Gasteiger partial charge in [-0.1, -0.05) is 21.1 Å². The van der Waals surface area contributed by atoms with E-state index in [-0.39, 0.29) is 18.6 Å². The first-order chi connectivity index (χ1) is 9.54. The van der Waals surface area contributed by atoms with Crippen LogP contribution in [0.25, 0.3) is 0 Å². The lowest BCUT2D eigenvalue weighted by Gasteiger charge is -2.10. The minimum Gasteiger partial charge on any atom is -0.484 e. The van der Waals surface area contributed by atoms with Gasteiger partial charge in [-0.2, -0.15) is 4.98 Å². The molecule has 0 aliphatic rings. The molecule has 1 aromatic carbocycles. The zero-order valence-electron chi connectivity index (χ0n) is 11.1. The molecule has 1 atom stereocenters. The maximum atomic E-state index is 11.7. The molecule has 2 aromatic rings. The highest BCUT2D eigenvalue weighted by Crippen LogP contribution is 2.16. The summed E-state index contributed by atoms with van der Waals surface area (Å²) < 4.78 is 11.3. The van der Waals surface area contributed by atoms with Gasteiger partial charge in [0.2, 0.25) is 5.89 Å². The summed E-state index contributed by atoms with van der Waals surface area (Å²) >= 11 is 3.33. The number of aromatic nitrogens is 2. The fourth-order valence-corrected chi connectivity index (χ4v) is 1.78. The molecule has 0 spiro atoms. The molecule has 1 N–H and O–H groups in total. The molecular weight excluding hydrogens is 326 g/mol. The molecular formula is C13H14BrN3O3. The molecule has 6 nitrogen and oxygen atoms in total. The Morgan fingerprint density at radius 1 is 1.45 bits per heavy atom. The van der Waals surface area contributed by atoms with E-state index >= 15 is 0 Å². The van der Waals surface area contributed by atoms with E-state index in [9.17, 15) is 4.79 Å². The monoisotopic (exact) mass is 339 g/mol. The van der Waals surface area contributed by atoms with Gasteiger partial charge in [-0.25, -0.2) is 0 Å². The lowest BCUT2D eigenvalue weighted by molar-refractivity contribution is -0.123. The van der Waals surface area contributed by atoms with Gasteiger partial charge in [0, 0.05) is 4.47 Å². The Balaban J connectivity index is 1.82. The molecule has 7 heteroatoms. The normalized spacial score (nSPS) is 11.9. The van der Waals surface area contributed by atoms with Gasteiger partial charge in [0.05, 0.1) is 0 Å². The molecule has 0 saturated heterocycles. The second kappa shape index (κ2) is 6.51. The Bertz CT molecular complexity index is 583. The zero-order valence-corrected chi connectivity index (χ0v) is 12.7. The Hall–Kier alpha value is -1.89. The summed E-state index contributed by atoms with van der Waals surface area (Å²) in [5, 5.41) is 6.40. The summed E-state index contributed by atoms with van der Waals surface area (Å²) in [6, 6.07) is 6.90. The van der Waals surface area contributed by atoms with Crippen LogP contribution >= 0.6 is 15.9 Å². The van der Waals surface area contributed by atoms with E-state index in [4.69, 9.17) is 9.26 Å². The molecule has 1 heterocycles. The molecule has 0 radical (unpaired) electrons. The van der Waals surface area contributed by atoms with Gasteiger partial charge in [0.25, 0.3) is 5.91 Å². The Morgan fingerprint density at radius 2 is 2.15 bits per heavy atom. The van der Waals surface area contributed by atoms with Crippen molar-refractivity contribution in [2.24, 2.45) is 0 Å². The summed E-state index contributed by atoms with van der Waals surface area (Å²) in [5.74, 6) is 1.28. The van der Waals surface area contributed by atoms with Crippen LogP contribution in [-0.4, -0.2) is 22.7 Å². The lowest BCUT2D eigenvalue weighted by atomic mass is 10.3. The number of ether oxygens (including phenoxy) is 1. The summed E-state index contributed by atoms with van der Waals surface area (Å²) in [6.45, 7) is 3.42. The Labute approximate surface area is 124 Å². The molecule has 2 rings (SSSR count). The summed E-state index contributed by atoms with van der Waals surface area (Å²) in [7, 11) is 0. The van der Waals surface area contributed by atoms with Gasteiger partial charge in [-0.3, -0.25) is 4.79 Å². The van der Waals surface area contributed by atoms with Gasteiger partial charge in [0.1, 0.15) is 11.8 Å². The number of aryl methyl sites for hydroxylation is 1. The number of carbonyl (C=O) groups excluding carboxylic acids is 1. The molecule has 1 aromatic heterocycles. The van der Waals surface area contributed by atoms with Gasteiger partial charge in [-0.15, -0.1) is 0 Å². The van der Waals surface area contributed by atoms with Gasteiger partial charge in [-0.05, 0) is 38.1 Å². The van der Waals surface area contributed by atoms with E-state index < -0.39 is 0 Å². The van der Waals surface area contributed by atoms with E-state index in [0.717, 1.165) is 4.47 Å². The van der Waals surface area contributed by atoms with Crippen LogP contribution in [0.4, 0.5) is 0 Å². The Morgan fingerprint density at radius 3 is 2.75 bits per heavy atom. The molecule has 0 bridgehead atoms. The van der Waals surface area contributed by atoms with Crippen LogP contribution in [0.3, 0.4) is 0 Å². The molecule has 0 aliphatic heterocycles. The van der Waals surface area contributed by atoms with Crippen molar-refractivity contribution in [3.05, 3.63) is 40.5 Å². The van der Waals surface area contributed by atoms with E-state index in [2.05, 4.69) is 31.4 Å². The second-order valence-electron chi connectivity index (χ2n) is 4.21. The SMILES string of the molecule is Cc1noc([C@@H](C)NC(=O)COc2ccc(Br)cc2)n1. The maximum absolute atomic E-state index is 11.7. The number of amides is 1. The number of carbonyl (C=O) groups is 1. The number of nitrogens with zero attached hydrogens (tertiary/aromatic N) is 2. The molecule has 0 fully saturated rings. The van der Waals surface area contributed by atoms with Crippen molar-refractivity contribution in [2.45, 2.75) is 19.9 Å². The third-order valence-corrected chi connectivity index (χ3v) is 3.00. The number of nitrogens with one attached hydrogen (secondary N) is 1. The van der Waals surface area contributed by atoms with Crippen LogP contribution in [0, 0.1) is 6.92 Å². The van der Waals surface area contributed by atoms with Crippen molar-refractivity contribution in [1.82, 2.24) is 15.5 Å². The van der Waals surface area contributed by atoms with Crippen LogP contribution in [0.2, 0.25) is 0 Å². The highest BCUT2D eigenvalue weighted by molar-refractivity contribution is 9.10. The largest absolute Gasteiger partial charge is 0.484 e. The molecule has 0 aliphatic carbocycles. The zero-order chi connectivity index (χ0) is 14.5. The van der Waals surface area contributed by atoms with Crippen molar-refractivity contribution in [1.29, 1.82) is 0 Å². The number of rotatable bonds is 5. The van der Waals surface area contributed by atoms with E-state index in [0.29, 0.717) is 17.5 Å². The van der Waals surface area contributed by atoms with Crippen LogP contribution in [0.15, 0.2) is 33.3 Å². The quantitative estimate of drug-likeness (QED) is 0.904. The first-order valence-corrected chi connectivity index (χ1v) is 6.82. The fourth-order valence-electron chi connectivity index (χ4n) is 1.51. The summed E-state index contributed by atoms with van der Waals surface area (Å²) in [4.78, 5) is 15.8. The predicted molar refractivity (Wildman–Crippen MR) is 75.2 cm³/mol. The van der Waals surface area contributed by atoms with Crippen LogP contribution in [-0.2, 0) is 4.79 Å². The first-order valence-electron chi connectivity index (χ1n) is 6.02. The minimum atomic E-state index is -0.350. The van der Waals surface area contributed by atoms with Crippen LogP contribution in [0.1, 0.15) is 24.7 Å². The minimum absolute atomic E-state index is 0.0703. The summed E-state index contributed by atoms with van der Waals surface area (Å²) in [6.07, 6.45) is 0. The molecule has 20 heavy (non-hydrogen) atoms. The number of benzene rings is 1. The van der Waals surface area contributed by atoms with Crippen molar-refractivity contribution < 1.29 is 14.1 Å². The second-order valence-corrected chi connectivity index (χ2v) is 5.13. The fraction of sp³-hybridized carbons (Fsp3) is 0.308. The first kappa shape index (κ1) is 14.5. The standard InChI is InChI=1S/C13H14BrN3O3/c1-8(13-16-9(2)17-20-13)15-12(18)7-19-11-5-3-10(14)4-6-11/h3-6,8H,7H2,1-2H3,(H,15,18)/t8-/m1/s1. The molecule has 0 saturated carbocycles. The number of halogens is 1. The maximum Gasteiger partial charge on any atom is 0.258 e. The van der Waals surface area contributed by atoms with Crippen LogP contribution in [0.5, 0.6) is 5.75 Å². The number of hydrogen-bond donors (Lipinski definition) is 1. The Kier molecular flexibility index (Phi) is 4.73.